The van der Waals surface area contributed by atoms with Gasteiger partial charge in [0.1, 0.15) is 22.1 Å². The third kappa shape index (κ3) is 4.92. The van der Waals surface area contributed by atoms with Crippen molar-refractivity contribution in [3.63, 3.8) is 0 Å². The first-order valence-electron chi connectivity index (χ1n) is 9.36. The van der Waals surface area contributed by atoms with E-state index in [1.54, 1.807) is 23.1 Å². The molecule has 0 atom stereocenters. The first kappa shape index (κ1) is 19.8. The maximum atomic E-state index is 5.69. The van der Waals surface area contributed by atoms with Crippen LogP contribution < -0.4 is 15.4 Å². The van der Waals surface area contributed by atoms with Crippen molar-refractivity contribution in [3.05, 3.63) is 16.8 Å². The van der Waals surface area contributed by atoms with Crippen molar-refractivity contribution in [1.82, 2.24) is 25.1 Å². The average Bonchev–Trinajstić information content (AvgIpc) is 3.46. The number of methoxy groups -OCH3 is 1. The van der Waals surface area contributed by atoms with Crippen molar-refractivity contribution >= 4 is 33.8 Å². The maximum absolute atomic E-state index is 5.69. The lowest BCUT2D eigenvalue weighted by atomic mass is 10.4. The van der Waals surface area contributed by atoms with E-state index in [1.807, 2.05) is 23.9 Å². The molecule has 0 radical (unpaired) electrons. The number of nitrogens with zero attached hydrogens (tertiary/aromatic N) is 5. The maximum Gasteiger partial charge on any atom is 0.233 e. The van der Waals surface area contributed by atoms with Crippen LogP contribution in [-0.4, -0.2) is 59.1 Å². The fourth-order valence-electron chi connectivity index (χ4n) is 2.77. The molecule has 2 N–H and O–H groups in total. The van der Waals surface area contributed by atoms with E-state index in [9.17, 15) is 0 Å². The molecule has 0 aliphatic carbocycles. The molecule has 4 rings (SSSR count). The van der Waals surface area contributed by atoms with Gasteiger partial charge in [-0.3, -0.25) is 9.67 Å². The highest BCUT2D eigenvalue weighted by Crippen LogP contribution is 2.31. The van der Waals surface area contributed by atoms with Crippen molar-refractivity contribution in [3.8, 4) is 28.0 Å². The van der Waals surface area contributed by atoms with Crippen molar-refractivity contribution in [2.45, 2.75) is 12.8 Å². The first-order valence-corrected chi connectivity index (χ1v) is 11.1. The third-order valence-corrected chi connectivity index (χ3v) is 5.84. The van der Waals surface area contributed by atoms with Gasteiger partial charge in [0.15, 0.2) is 11.1 Å². The number of hydrogen-bond donors (Lipinski definition) is 2. The number of nitrogens with one attached hydrogen (secondary N) is 2. The molecule has 1 aliphatic heterocycles. The normalized spacial score (nSPS) is 13.8. The average molecular weight is 434 g/mol. The van der Waals surface area contributed by atoms with Gasteiger partial charge in [0.25, 0.3) is 0 Å². The lowest BCUT2D eigenvalue weighted by Gasteiger charge is -2.13. The van der Waals surface area contributed by atoms with Gasteiger partial charge < -0.3 is 20.1 Å². The summed E-state index contributed by atoms with van der Waals surface area (Å²) in [5.41, 5.74) is 2.60. The molecule has 3 aromatic heterocycles. The lowest BCUT2D eigenvalue weighted by Crippen LogP contribution is -2.35. The minimum Gasteiger partial charge on any atom is -0.477 e. The summed E-state index contributed by atoms with van der Waals surface area (Å²) >= 11 is 3.10. The van der Waals surface area contributed by atoms with Crippen LogP contribution in [0.4, 0.5) is 5.13 Å². The SMILES string of the molecule is COCCCOc1cc(-c2nc(-c3csc(NC4=NCCCN4)n3)cs2)n(C)n1. The molecule has 0 unspecified atom stereocenters. The first-order chi connectivity index (χ1) is 14.2. The van der Waals surface area contributed by atoms with Crippen LogP contribution in [0.5, 0.6) is 5.88 Å². The monoisotopic (exact) mass is 433 g/mol. The number of aryl methyl sites for hydroxylation is 1. The number of aromatic nitrogens is 4. The van der Waals surface area contributed by atoms with Gasteiger partial charge in [0, 0.05) is 57.1 Å². The number of thiazole rings is 2. The Morgan fingerprint density at radius 2 is 2.07 bits per heavy atom. The van der Waals surface area contributed by atoms with Gasteiger partial charge in [0.05, 0.1) is 6.61 Å². The second kappa shape index (κ2) is 9.33. The van der Waals surface area contributed by atoms with Crippen LogP contribution in [0.25, 0.3) is 22.1 Å². The minimum absolute atomic E-state index is 0.572. The van der Waals surface area contributed by atoms with E-state index >= 15 is 0 Å². The van der Waals surface area contributed by atoms with Gasteiger partial charge in [-0.05, 0) is 6.42 Å². The van der Waals surface area contributed by atoms with E-state index in [4.69, 9.17) is 14.5 Å². The Labute approximate surface area is 176 Å². The highest BCUT2D eigenvalue weighted by atomic mass is 32.1. The Hall–Kier alpha value is -2.50. The molecule has 0 fully saturated rings. The van der Waals surface area contributed by atoms with Crippen LogP contribution in [0.2, 0.25) is 0 Å². The Kier molecular flexibility index (Phi) is 6.37. The summed E-state index contributed by atoms with van der Waals surface area (Å²) in [7, 11) is 3.57. The van der Waals surface area contributed by atoms with Crippen molar-refractivity contribution in [2.75, 3.05) is 38.7 Å². The van der Waals surface area contributed by atoms with Crippen molar-refractivity contribution in [2.24, 2.45) is 12.0 Å². The van der Waals surface area contributed by atoms with Crippen LogP contribution in [0, 0.1) is 0 Å². The minimum atomic E-state index is 0.572. The molecule has 4 heterocycles. The molecule has 0 saturated carbocycles. The van der Waals surface area contributed by atoms with Crippen LogP contribution in [0.1, 0.15) is 12.8 Å². The fraction of sp³-hybridized carbons (Fsp3) is 0.444. The van der Waals surface area contributed by atoms with Crippen LogP contribution >= 0.6 is 22.7 Å². The predicted molar refractivity (Wildman–Crippen MR) is 116 cm³/mol. The molecule has 29 heavy (non-hydrogen) atoms. The van der Waals surface area contributed by atoms with Gasteiger partial charge in [-0.25, -0.2) is 9.97 Å². The number of guanidine groups is 1. The molecule has 11 heteroatoms. The zero-order valence-corrected chi connectivity index (χ0v) is 18.0. The molecule has 0 amide bonds. The molecule has 1 aliphatic rings. The Balaban J connectivity index is 1.43. The van der Waals surface area contributed by atoms with Crippen LogP contribution in [-0.2, 0) is 11.8 Å². The Morgan fingerprint density at radius 3 is 2.90 bits per heavy atom. The molecular weight excluding hydrogens is 410 g/mol. The van der Waals surface area contributed by atoms with Gasteiger partial charge in [0.2, 0.25) is 5.88 Å². The zero-order chi connectivity index (χ0) is 20.1. The summed E-state index contributed by atoms with van der Waals surface area (Å²) in [5, 5.41) is 16.6. The van der Waals surface area contributed by atoms with E-state index in [2.05, 4.69) is 25.7 Å². The summed E-state index contributed by atoms with van der Waals surface area (Å²) in [6, 6.07) is 1.91. The van der Waals surface area contributed by atoms with Crippen molar-refractivity contribution < 1.29 is 9.47 Å². The lowest BCUT2D eigenvalue weighted by molar-refractivity contribution is 0.170. The Morgan fingerprint density at radius 1 is 1.21 bits per heavy atom. The van der Waals surface area contributed by atoms with E-state index in [1.165, 1.54) is 11.3 Å². The highest BCUT2D eigenvalue weighted by molar-refractivity contribution is 7.14. The molecule has 0 bridgehead atoms. The van der Waals surface area contributed by atoms with Crippen LogP contribution in [0.15, 0.2) is 21.8 Å². The second-order valence-corrected chi connectivity index (χ2v) is 8.11. The number of anilines is 1. The molecule has 154 valence electrons. The number of hydrogen-bond acceptors (Lipinski definition) is 10. The van der Waals surface area contributed by atoms with Gasteiger partial charge in [-0.1, -0.05) is 0 Å². The quantitative estimate of drug-likeness (QED) is 0.527. The summed E-state index contributed by atoms with van der Waals surface area (Å²) in [6.45, 7) is 3.01. The molecule has 3 aromatic rings. The van der Waals surface area contributed by atoms with E-state index < -0.39 is 0 Å². The second-order valence-electron chi connectivity index (χ2n) is 6.40. The third-order valence-electron chi connectivity index (χ3n) is 4.21. The van der Waals surface area contributed by atoms with Gasteiger partial charge in [-0.15, -0.1) is 27.8 Å². The molecule has 0 spiro atoms. The van der Waals surface area contributed by atoms with Gasteiger partial charge >= 0.3 is 0 Å². The van der Waals surface area contributed by atoms with Crippen molar-refractivity contribution in [1.29, 1.82) is 0 Å². The standard InChI is InChI=1S/C18H23N7O2S2/c1-25-14(9-15(24-25)27-8-4-7-26-2)16-21-12(10-28-16)13-11-29-18(22-13)23-17-19-5-3-6-20-17/h9-11H,3-8H2,1-2H3,(H2,19,20,22,23). The smallest absolute Gasteiger partial charge is 0.233 e. The van der Waals surface area contributed by atoms with Crippen LogP contribution in [0.3, 0.4) is 0 Å². The number of rotatable bonds is 8. The topological polar surface area (TPSA) is 98.5 Å². The summed E-state index contributed by atoms with van der Waals surface area (Å²) in [4.78, 5) is 13.8. The fourth-order valence-corrected chi connectivity index (χ4v) is 4.33. The summed E-state index contributed by atoms with van der Waals surface area (Å²) in [6.07, 6.45) is 1.88. The summed E-state index contributed by atoms with van der Waals surface area (Å²) < 4.78 is 12.5. The molecule has 9 nitrogen and oxygen atoms in total. The number of aliphatic imine (C=N–C) groups is 1. The predicted octanol–water partition coefficient (Wildman–Crippen LogP) is 2.84. The Bertz CT molecular complexity index is 979. The molecule has 0 aromatic carbocycles. The van der Waals surface area contributed by atoms with E-state index in [0.717, 1.165) is 59.1 Å². The zero-order valence-electron chi connectivity index (χ0n) is 16.3. The van der Waals surface area contributed by atoms with Gasteiger partial charge in [-0.2, -0.15) is 0 Å². The number of ether oxygens (including phenoxy) is 2. The molecule has 0 saturated heterocycles. The van der Waals surface area contributed by atoms with E-state index in [-0.39, 0.29) is 0 Å². The van der Waals surface area contributed by atoms with E-state index in [0.29, 0.717) is 19.1 Å². The molecular formula is C18H23N7O2S2. The summed E-state index contributed by atoms with van der Waals surface area (Å²) in [5.74, 6) is 1.38. The highest BCUT2D eigenvalue weighted by Gasteiger charge is 2.15. The largest absolute Gasteiger partial charge is 0.477 e.